The van der Waals surface area contributed by atoms with Gasteiger partial charge in [-0.1, -0.05) is 35.9 Å². The highest BCUT2D eigenvalue weighted by atomic mass is 35.5. The van der Waals surface area contributed by atoms with Crippen LogP contribution < -0.4 is 15.0 Å². The number of furan rings is 1. The predicted molar refractivity (Wildman–Crippen MR) is 160 cm³/mol. The molecule has 0 aliphatic carbocycles. The number of carbonyl (C=O) groups is 3. The molecular weight excluding hydrogens is 560 g/mol. The lowest BCUT2D eigenvalue weighted by Crippen LogP contribution is -2.54. The molecule has 1 aromatic heterocycles. The van der Waals surface area contributed by atoms with E-state index in [4.69, 9.17) is 33.0 Å². The number of fused-ring (bicyclic) bond motifs is 1. The summed E-state index contributed by atoms with van der Waals surface area (Å²) in [5.41, 5.74) is 1.88. The predicted octanol–water partition coefficient (Wildman–Crippen LogP) is 6.94. The van der Waals surface area contributed by atoms with Gasteiger partial charge in [-0.3, -0.25) is 24.6 Å². The Morgan fingerprint density at radius 3 is 2.32 bits per heavy atom. The van der Waals surface area contributed by atoms with Crippen LogP contribution in [0.5, 0.6) is 11.5 Å². The lowest BCUT2D eigenvalue weighted by molar-refractivity contribution is -0.122. The van der Waals surface area contributed by atoms with E-state index in [0.717, 1.165) is 0 Å². The van der Waals surface area contributed by atoms with Crippen molar-refractivity contribution in [1.82, 2.24) is 5.32 Å². The molecule has 7 nitrogen and oxygen atoms in total. The Balaban J connectivity index is 1.25. The molecule has 0 radical (unpaired) electrons. The summed E-state index contributed by atoms with van der Waals surface area (Å²) in [4.78, 5) is 40.4. The Morgan fingerprint density at radius 2 is 1.59 bits per heavy atom. The van der Waals surface area contributed by atoms with Crippen molar-refractivity contribution in [2.75, 3.05) is 4.90 Å². The standard InChI is InChI=1S/C32H19ClN2O5S/c33-22-9-7-20(8-10-22)29(36)28-18-21-16-19(6-15-27(21)40-28)17-26-30(37)34-32(41)35(31(26)38)23-11-13-25(14-12-23)39-24-4-2-1-3-5-24/h1-18H,(H,34,37,41)/b26-17+. The van der Waals surface area contributed by atoms with Crippen LogP contribution in [0.25, 0.3) is 17.0 Å². The number of hydrogen-bond acceptors (Lipinski definition) is 6. The number of amides is 2. The Hall–Kier alpha value is -5.05. The highest BCUT2D eigenvalue weighted by molar-refractivity contribution is 7.80. The van der Waals surface area contributed by atoms with Gasteiger partial charge in [-0.15, -0.1) is 0 Å². The van der Waals surface area contributed by atoms with Crippen molar-refractivity contribution in [2.24, 2.45) is 0 Å². The Kier molecular flexibility index (Phi) is 6.93. The fraction of sp³-hybridized carbons (Fsp3) is 0. The monoisotopic (exact) mass is 578 g/mol. The second-order valence-electron chi connectivity index (χ2n) is 9.11. The number of rotatable bonds is 6. The summed E-state index contributed by atoms with van der Waals surface area (Å²) in [6.45, 7) is 0. The molecule has 5 aromatic rings. The Bertz CT molecular complexity index is 1860. The van der Waals surface area contributed by atoms with Crippen LogP contribution >= 0.6 is 23.8 Å². The molecule has 9 heteroatoms. The topological polar surface area (TPSA) is 88.8 Å². The molecule has 1 aliphatic heterocycles. The largest absolute Gasteiger partial charge is 0.457 e. The van der Waals surface area contributed by atoms with E-state index in [1.54, 1.807) is 72.8 Å². The van der Waals surface area contributed by atoms with E-state index in [2.05, 4.69) is 5.32 Å². The second-order valence-corrected chi connectivity index (χ2v) is 9.93. The molecule has 200 valence electrons. The van der Waals surface area contributed by atoms with Crippen LogP contribution in [-0.2, 0) is 9.59 Å². The average Bonchev–Trinajstić information content (AvgIpc) is 3.40. The maximum atomic E-state index is 13.5. The van der Waals surface area contributed by atoms with Crippen LogP contribution in [0.2, 0.25) is 5.02 Å². The van der Waals surface area contributed by atoms with Crippen LogP contribution in [0.3, 0.4) is 0 Å². The number of para-hydroxylation sites is 1. The first-order valence-electron chi connectivity index (χ1n) is 12.4. The van der Waals surface area contributed by atoms with E-state index >= 15 is 0 Å². The number of carbonyl (C=O) groups excluding carboxylic acids is 3. The van der Waals surface area contributed by atoms with Gasteiger partial charge in [0.05, 0.1) is 5.69 Å². The normalized spacial score (nSPS) is 14.4. The zero-order valence-electron chi connectivity index (χ0n) is 21.2. The summed E-state index contributed by atoms with van der Waals surface area (Å²) < 4.78 is 11.6. The molecule has 1 N–H and O–H groups in total. The zero-order chi connectivity index (χ0) is 28.5. The fourth-order valence-corrected chi connectivity index (χ4v) is 4.76. The molecule has 6 rings (SSSR count). The number of nitrogens with one attached hydrogen (secondary N) is 1. The van der Waals surface area contributed by atoms with Crippen LogP contribution in [0.4, 0.5) is 5.69 Å². The molecule has 0 bridgehead atoms. The van der Waals surface area contributed by atoms with Crippen LogP contribution in [0.15, 0.2) is 113 Å². The lowest BCUT2D eigenvalue weighted by atomic mass is 10.1. The minimum atomic E-state index is -0.605. The van der Waals surface area contributed by atoms with Gasteiger partial charge >= 0.3 is 0 Å². The van der Waals surface area contributed by atoms with E-state index in [-0.39, 0.29) is 22.2 Å². The maximum absolute atomic E-state index is 13.5. The smallest absolute Gasteiger partial charge is 0.270 e. The van der Waals surface area contributed by atoms with Crippen molar-refractivity contribution in [3.63, 3.8) is 0 Å². The Morgan fingerprint density at radius 1 is 0.878 bits per heavy atom. The summed E-state index contributed by atoms with van der Waals surface area (Å²) in [5.74, 6) is -0.0397. The van der Waals surface area contributed by atoms with E-state index in [1.807, 2.05) is 30.3 Å². The molecule has 1 saturated heterocycles. The molecule has 2 heterocycles. The van der Waals surface area contributed by atoms with Gasteiger partial charge in [0.25, 0.3) is 11.8 Å². The van der Waals surface area contributed by atoms with Crippen molar-refractivity contribution >= 4 is 69.3 Å². The molecule has 2 amide bonds. The molecule has 1 fully saturated rings. The highest BCUT2D eigenvalue weighted by Crippen LogP contribution is 2.28. The van der Waals surface area contributed by atoms with Crippen LogP contribution in [-0.4, -0.2) is 22.7 Å². The third kappa shape index (κ3) is 5.38. The highest BCUT2D eigenvalue weighted by Gasteiger charge is 2.34. The SMILES string of the molecule is O=C1NC(=S)N(c2ccc(Oc3ccccc3)cc2)C(=O)/C1=C/c1ccc2oc(C(=O)c3ccc(Cl)cc3)cc2c1. The van der Waals surface area contributed by atoms with Gasteiger partial charge < -0.3 is 9.15 Å². The minimum Gasteiger partial charge on any atom is -0.457 e. The van der Waals surface area contributed by atoms with Crippen molar-refractivity contribution in [1.29, 1.82) is 0 Å². The number of nitrogens with zero attached hydrogens (tertiary/aromatic N) is 1. The summed E-state index contributed by atoms with van der Waals surface area (Å²) >= 11 is 11.2. The summed E-state index contributed by atoms with van der Waals surface area (Å²) in [7, 11) is 0. The second kappa shape index (κ2) is 10.8. The third-order valence-corrected chi connectivity index (χ3v) is 6.89. The summed E-state index contributed by atoms with van der Waals surface area (Å²) in [6.07, 6.45) is 1.48. The van der Waals surface area contributed by atoms with Gasteiger partial charge in [0.2, 0.25) is 5.78 Å². The van der Waals surface area contributed by atoms with Crippen molar-refractivity contribution in [2.45, 2.75) is 0 Å². The van der Waals surface area contributed by atoms with E-state index in [0.29, 0.717) is 44.3 Å². The van der Waals surface area contributed by atoms with Gasteiger partial charge in [0.15, 0.2) is 10.9 Å². The Labute approximate surface area is 244 Å². The number of ketones is 1. The average molecular weight is 579 g/mol. The molecule has 1 aliphatic rings. The number of thiocarbonyl (C=S) groups is 1. The third-order valence-electron chi connectivity index (χ3n) is 6.36. The molecule has 0 unspecified atom stereocenters. The van der Waals surface area contributed by atoms with Crippen molar-refractivity contribution in [3.8, 4) is 11.5 Å². The fourth-order valence-electron chi connectivity index (χ4n) is 4.35. The minimum absolute atomic E-state index is 0.0236. The van der Waals surface area contributed by atoms with Crippen LogP contribution in [0, 0.1) is 0 Å². The lowest BCUT2D eigenvalue weighted by Gasteiger charge is -2.29. The molecule has 4 aromatic carbocycles. The maximum Gasteiger partial charge on any atom is 0.270 e. The molecule has 0 spiro atoms. The number of ether oxygens (including phenoxy) is 1. The summed E-state index contributed by atoms with van der Waals surface area (Å²) in [6, 6.07) is 29.4. The number of anilines is 1. The number of benzene rings is 4. The molecule has 0 saturated carbocycles. The molecule has 0 atom stereocenters. The summed E-state index contributed by atoms with van der Waals surface area (Å²) in [5, 5.41) is 3.73. The quantitative estimate of drug-likeness (QED) is 0.102. The van der Waals surface area contributed by atoms with Gasteiger partial charge in [-0.25, -0.2) is 0 Å². The van der Waals surface area contributed by atoms with Crippen LogP contribution in [0.1, 0.15) is 21.7 Å². The first-order chi connectivity index (χ1) is 19.9. The van der Waals surface area contributed by atoms with E-state index < -0.39 is 11.8 Å². The first-order valence-corrected chi connectivity index (χ1v) is 13.2. The number of hydrogen-bond donors (Lipinski definition) is 1. The van der Waals surface area contributed by atoms with Crippen molar-refractivity contribution < 1.29 is 23.5 Å². The first kappa shape index (κ1) is 26.2. The zero-order valence-corrected chi connectivity index (χ0v) is 22.7. The van der Waals surface area contributed by atoms with Crippen molar-refractivity contribution in [3.05, 3.63) is 131 Å². The van der Waals surface area contributed by atoms with Gasteiger partial charge in [0, 0.05) is 16.0 Å². The van der Waals surface area contributed by atoms with Gasteiger partial charge in [0.1, 0.15) is 22.7 Å². The van der Waals surface area contributed by atoms with Gasteiger partial charge in [-0.05, 0) is 103 Å². The molecular formula is C32H19ClN2O5S. The number of halogens is 1. The van der Waals surface area contributed by atoms with Gasteiger partial charge in [-0.2, -0.15) is 0 Å². The molecule has 41 heavy (non-hydrogen) atoms. The van der Waals surface area contributed by atoms with E-state index in [9.17, 15) is 14.4 Å². The van der Waals surface area contributed by atoms with E-state index in [1.165, 1.54) is 11.0 Å².